The number of rotatable bonds is 4. The fourth-order valence-electron chi connectivity index (χ4n) is 2.41. The van der Waals surface area contributed by atoms with Crippen molar-refractivity contribution in [3.63, 3.8) is 0 Å². The summed E-state index contributed by atoms with van der Waals surface area (Å²) in [6, 6.07) is 8.01. The molecule has 3 aromatic rings. The zero-order valence-corrected chi connectivity index (χ0v) is 20.1. The fourth-order valence-corrected chi connectivity index (χ4v) is 4.32. The standard InChI is InChI=1S/C17H15ClN2O3S2.K.H/c1-3-4-11-8-12(25(2,22)23)9-14(19-11)17-20-16(21)13-6-5-10(18)7-15(13)24-17;;/h5-9H,3-4H2,1-2H3;;/q;+1;-1. The van der Waals surface area contributed by atoms with Crippen LogP contribution in [0.5, 0.6) is 0 Å². The molecule has 0 saturated heterocycles. The first-order chi connectivity index (χ1) is 11.8. The number of sulfone groups is 1. The molecule has 3 rings (SSSR count). The molecular formula is C17H16ClKN2O3S2. The van der Waals surface area contributed by atoms with Crippen LogP contribution in [-0.4, -0.2) is 24.6 Å². The maximum absolute atomic E-state index is 12.3. The summed E-state index contributed by atoms with van der Waals surface area (Å²) in [4.78, 5) is 21.0. The van der Waals surface area contributed by atoms with E-state index in [4.69, 9.17) is 11.6 Å². The van der Waals surface area contributed by atoms with Crippen molar-refractivity contribution < 1.29 is 61.2 Å². The van der Waals surface area contributed by atoms with Gasteiger partial charge in [0.25, 0.3) is 5.56 Å². The van der Waals surface area contributed by atoms with E-state index in [0.29, 0.717) is 37.9 Å². The van der Waals surface area contributed by atoms with E-state index in [2.05, 4.69) is 9.97 Å². The van der Waals surface area contributed by atoms with Crippen molar-refractivity contribution in [1.29, 1.82) is 0 Å². The molecule has 0 amide bonds. The van der Waals surface area contributed by atoms with Gasteiger partial charge in [-0.2, -0.15) is 4.98 Å². The summed E-state index contributed by atoms with van der Waals surface area (Å²) in [6.07, 6.45) is 2.62. The monoisotopic (exact) mass is 434 g/mol. The molecule has 5 nitrogen and oxygen atoms in total. The van der Waals surface area contributed by atoms with Crippen molar-refractivity contribution in [3.05, 3.63) is 51.4 Å². The van der Waals surface area contributed by atoms with Gasteiger partial charge in [0, 0.05) is 21.7 Å². The van der Waals surface area contributed by atoms with Gasteiger partial charge < -0.3 is 1.43 Å². The number of benzene rings is 1. The van der Waals surface area contributed by atoms with E-state index in [1.165, 1.54) is 17.4 Å². The molecule has 1 aromatic carbocycles. The molecule has 9 heteroatoms. The smallest absolute Gasteiger partial charge is 1.00 e. The Morgan fingerprint density at radius 1 is 1.19 bits per heavy atom. The molecule has 0 aliphatic rings. The minimum atomic E-state index is -3.40. The van der Waals surface area contributed by atoms with Crippen molar-refractivity contribution in [2.24, 2.45) is 0 Å². The number of halogens is 1. The molecule has 0 N–H and O–H groups in total. The maximum Gasteiger partial charge on any atom is 1.00 e. The first kappa shape index (κ1) is 22.1. The third-order valence-electron chi connectivity index (χ3n) is 3.59. The summed E-state index contributed by atoms with van der Waals surface area (Å²) in [5.74, 6) is 0. The van der Waals surface area contributed by atoms with Crippen LogP contribution < -0.4 is 56.9 Å². The van der Waals surface area contributed by atoms with Gasteiger partial charge in [0.1, 0.15) is 10.7 Å². The second kappa shape index (κ2) is 8.87. The van der Waals surface area contributed by atoms with E-state index in [1.54, 1.807) is 24.3 Å². The van der Waals surface area contributed by atoms with E-state index in [0.717, 1.165) is 12.7 Å². The molecule has 0 bridgehead atoms. The number of pyridine rings is 1. The van der Waals surface area contributed by atoms with Gasteiger partial charge in [-0.3, -0.25) is 9.78 Å². The van der Waals surface area contributed by atoms with Crippen molar-refractivity contribution in [2.75, 3.05) is 6.26 Å². The molecular weight excluding hydrogens is 419 g/mol. The van der Waals surface area contributed by atoms with Crippen LogP contribution in [0, 0.1) is 0 Å². The average Bonchev–Trinajstić information content (AvgIpc) is 2.53. The average molecular weight is 435 g/mol. The zero-order chi connectivity index (χ0) is 18.2. The molecule has 0 atom stereocenters. The Balaban J connectivity index is 0.00000182. The summed E-state index contributed by atoms with van der Waals surface area (Å²) in [5.41, 5.74) is 0.660. The van der Waals surface area contributed by atoms with Crippen molar-refractivity contribution >= 4 is 42.9 Å². The third kappa shape index (κ3) is 4.99. The first-order valence-electron chi connectivity index (χ1n) is 7.59. The summed E-state index contributed by atoms with van der Waals surface area (Å²) in [5, 5.41) is 1.37. The molecule has 26 heavy (non-hydrogen) atoms. The Kier molecular flexibility index (Phi) is 7.54. The van der Waals surface area contributed by atoms with Gasteiger partial charge in [0.15, 0.2) is 9.84 Å². The summed E-state index contributed by atoms with van der Waals surface area (Å²) >= 11 is 7.27. The molecule has 2 heterocycles. The predicted octanol–water partition coefficient (Wildman–Crippen LogP) is 0.844. The van der Waals surface area contributed by atoms with Gasteiger partial charge in [-0.1, -0.05) is 24.9 Å². The van der Waals surface area contributed by atoms with Gasteiger partial charge in [-0.15, -0.1) is 11.3 Å². The van der Waals surface area contributed by atoms with Gasteiger partial charge in [-0.25, -0.2) is 8.42 Å². The predicted molar refractivity (Wildman–Crippen MR) is 102 cm³/mol. The Labute approximate surface area is 204 Å². The van der Waals surface area contributed by atoms with Crippen LogP contribution in [0.1, 0.15) is 20.5 Å². The fraction of sp³-hybridized carbons (Fsp3) is 0.235. The second-order valence-corrected chi connectivity index (χ2v) is 9.15. The van der Waals surface area contributed by atoms with E-state index in [9.17, 15) is 13.2 Å². The largest absolute Gasteiger partial charge is 1.00 e. The van der Waals surface area contributed by atoms with E-state index in [-0.39, 0.29) is 63.3 Å². The Morgan fingerprint density at radius 2 is 1.92 bits per heavy atom. The van der Waals surface area contributed by atoms with Crippen LogP contribution in [0.2, 0.25) is 5.02 Å². The number of nitrogens with zero attached hydrogens (tertiary/aromatic N) is 2. The normalized spacial score (nSPS) is 11.3. The van der Waals surface area contributed by atoms with Crippen LogP contribution in [0.3, 0.4) is 0 Å². The van der Waals surface area contributed by atoms with Crippen LogP contribution in [-0.2, 0) is 16.3 Å². The Hall–Kier alpha value is -0.194. The molecule has 0 unspecified atom stereocenters. The number of aromatic nitrogens is 2. The minimum Gasteiger partial charge on any atom is -1.00 e. The van der Waals surface area contributed by atoms with E-state index in [1.807, 2.05) is 6.92 Å². The molecule has 132 valence electrons. The molecule has 0 radical (unpaired) electrons. The topological polar surface area (TPSA) is 77.0 Å². The van der Waals surface area contributed by atoms with Crippen molar-refractivity contribution in [2.45, 2.75) is 24.7 Å². The number of aryl methyl sites for hydroxylation is 1. The summed E-state index contributed by atoms with van der Waals surface area (Å²) < 4.78 is 24.6. The summed E-state index contributed by atoms with van der Waals surface area (Å²) in [6.45, 7) is 1.99. The van der Waals surface area contributed by atoms with Crippen LogP contribution >= 0.6 is 22.9 Å². The first-order valence-corrected chi connectivity index (χ1v) is 10.7. The summed E-state index contributed by atoms with van der Waals surface area (Å²) in [7, 11) is -3.40. The number of fused-ring (bicyclic) bond motifs is 1. The van der Waals surface area contributed by atoms with Gasteiger partial charge in [0.05, 0.1) is 10.3 Å². The molecule has 0 spiro atoms. The SMILES string of the molecule is CCCc1cc(S(C)(=O)=O)cc(-c2nc(=O)c3ccc(Cl)cc3s2)n1.[H-].[K+]. The van der Waals surface area contributed by atoms with Gasteiger partial charge >= 0.3 is 51.4 Å². The van der Waals surface area contributed by atoms with Gasteiger partial charge in [0.2, 0.25) is 0 Å². The molecule has 0 aliphatic heterocycles. The minimum absolute atomic E-state index is 0. The van der Waals surface area contributed by atoms with Crippen molar-refractivity contribution in [1.82, 2.24) is 9.97 Å². The molecule has 0 aliphatic carbocycles. The Morgan fingerprint density at radius 3 is 2.58 bits per heavy atom. The van der Waals surface area contributed by atoms with Crippen molar-refractivity contribution in [3.8, 4) is 10.7 Å². The zero-order valence-electron chi connectivity index (χ0n) is 15.6. The maximum atomic E-state index is 12.3. The number of hydrogen-bond donors (Lipinski definition) is 0. The van der Waals surface area contributed by atoms with E-state index >= 15 is 0 Å². The second-order valence-electron chi connectivity index (χ2n) is 5.67. The van der Waals surface area contributed by atoms with Gasteiger partial charge in [-0.05, 0) is 36.8 Å². The number of hydrogen-bond acceptors (Lipinski definition) is 6. The molecule has 2 aromatic heterocycles. The Bertz CT molecular complexity index is 1140. The van der Waals surface area contributed by atoms with Crippen LogP contribution in [0.4, 0.5) is 0 Å². The third-order valence-corrected chi connectivity index (χ3v) is 5.97. The van der Waals surface area contributed by atoms with Crippen LogP contribution in [0.15, 0.2) is 40.0 Å². The van der Waals surface area contributed by atoms with E-state index < -0.39 is 9.84 Å². The quantitative estimate of drug-likeness (QED) is 0.569. The molecule has 0 fully saturated rings. The molecule has 0 saturated carbocycles. The van der Waals surface area contributed by atoms with Crippen LogP contribution in [0.25, 0.3) is 20.8 Å².